The molecule has 0 radical (unpaired) electrons. The fraction of sp³-hybridized carbons (Fsp3) is 0.412. The predicted octanol–water partition coefficient (Wildman–Crippen LogP) is 3.40. The minimum atomic E-state index is 0.0427. The normalized spacial score (nSPS) is 18.1. The average Bonchev–Trinajstić information content (AvgIpc) is 2.93. The van der Waals surface area contributed by atoms with Crippen molar-refractivity contribution >= 4 is 28.6 Å². The summed E-state index contributed by atoms with van der Waals surface area (Å²) in [7, 11) is 0. The van der Waals surface area contributed by atoms with Gasteiger partial charge in [-0.3, -0.25) is 9.78 Å². The summed E-state index contributed by atoms with van der Waals surface area (Å²) in [4.78, 5) is 17.4. The molecular weight excluding hydrogens is 280 g/mol. The Bertz CT molecular complexity index is 705. The Hall–Kier alpha value is -1.55. The molecule has 0 spiro atoms. The number of rotatable bonds is 2. The number of thioether (sulfide) groups is 1. The third kappa shape index (κ3) is 2.77. The van der Waals surface area contributed by atoms with Gasteiger partial charge in [-0.1, -0.05) is 11.6 Å². The van der Waals surface area contributed by atoms with E-state index in [-0.39, 0.29) is 5.91 Å². The first-order valence-electron chi connectivity index (χ1n) is 7.32. The van der Waals surface area contributed by atoms with Gasteiger partial charge in [0.25, 0.3) is 5.91 Å². The van der Waals surface area contributed by atoms with Crippen LogP contribution in [0.4, 0.5) is 0 Å². The van der Waals surface area contributed by atoms with Crippen molar-refractivity contribution in [2.45, 2.75) is 33.2 Å². The highest BCUT2D eigenvalue weighted by Crippen LogP contribution is 2.25. The second-order valence-electron chi connectivity index (χ2n) is 5.75. The van der Waals surface area contributed by atoms with Gasteiger partial charge in [0, 0.05) is 22.9 Å². The molecule has 1 aliphatic heterocycles. The van der Waals surface area contributed by atoms with Gasteiger partial charge in [-0.25, -0.2) is 0 Å². The molecule has 1 aliphatic rings. The maximum Gasteiger partial charge on any atom is 0.252 e. The van der Waals surface area contributed by atoms with Gasteiger partial charge >= 0.3 is 0 Å². The second-order valence-corrected chi connectivity index (χ2v) is 6.90. The molecule has 1 N–H and O–H groups in total. The van der Waals surface area contributed by atoms with E-state index in [9.17, 15) is 4.79 Å². The third-order valence-corrected chi connectivity index (χ3v) is 5.28. The molecule has 2 aromatic rings. The largest absolute Gasteiger partial charge is 0.348 e. The van der Waals surface area contributed by atoms with Gasteiger partial charge in [-0.15, -0.1) is 0 Å². The van der Waals surface area contributed by atoms with Crippen molar-refractivity contribution in [1.82, 2.24) is 10.3 Å². The molecule has 4 heteroatoms. The molecule has 0 saturated carbocycles. The van der Waals surface area contributed by atoms with Crippen LogP contribution in [0.1, 0.15) is 33.6 Å². The van der Waals surface area contributed by atoms with E-state index in [0.717, 1.165) is 51.2 Å². The lowest BCUT2D eigenvalue weighted by molar-refractivity contribution is 0.0942. The van der Waals surface area contributed by atoms with E-state index in [1.807, 2.05) is 44.7 Å². The van der Waals surface area contributed by atoms with Crippen molar-refractivity contribution in [1.29, 1.82) is 0 Å². The summed E-state index contributed by atoms with van der Waals surface area (Å²) in [6.45, 7) is 6.00. The molecular formula is C17H20N2OS. The lowest BCUT2D eigenvalue weighted by atomic mass is 9.99. The van der Waals surface area contributed by atoms with E-state index in [1.165, 1.54) is 0 Å². The van der Waals surface area contributed by atoms with Crippen LogP contribution in [0.2, 0.25) is 0 Å². The maximum absolute atomic E-state index is 12.8. The van der Waals surface area contributed by atoms with Crippen LogP contribution >= 0.6 is 11.8 Å². The van der Waals surface area contributed by atoms with Gasteiger partial charge in [0.2, 0.25) is 0 Å². The summed E-state index contributed by atoms with van der Waals surface area (Å²) in [5.41, 5.74) is 4.75. The van der Waals surface area contributed by atoms with E-state index in [2.05, 4.69) is 16.4 Å². The number of aromatic nitrogens is 1. The van der Waals surface area contributed by atoms with Gasteiger partial charge in [0.15, 0.2) is 0 Å². The van der Waals surface area contributed by atoms with Crippen LogP contribution in [0.3, 0.4) is 0 Å². The number of carbonyl (C=O) groups excluding carboxylic acids is 1. The van der Waals surface area contributed by atoms with Crippen LogP contribution in [0.5, 0.6) is 0 Å². The zero-order valence-electron chi connectivity index (χ0n) is 12.7. The summed E-state index contributed by atoms with van der Waals surface area (Å²) in [6.07, 6.45) is 1.07. The maximum atomic E-state index is 12.8. The molecule has 1 saturated heterocycles. The first-order valence-corrected chi connectivity index (χ1v) is 8.48. The molecule has 1 amide bonds. The first kappa shape index (κ1) is 14.4. The number of benzene rings is 1. The molecule has 3 nitrogen and oxygen atoms in total. The minimum absolute atomic E-state index is 0.0427. The second kappa shape index (κ2) is 5.68. The molecule has 21 heavy (non-hydrogen) atoms. The summed E-state index contributed by atoms with van der Waals surface area (Å²) < 4.78 is 0. The van der Waals surface area contributed by atoms with E-state index < -0.39 is 0 Å². The quantitative estimate of drug-likeness (QED) is 0.924. The highest BCUT2D eigenvalue weighted by Gasteiger charge is 2.22. The van der Waals surface area contributed by atoms with Crippen LogP contribution in [-0.2, 0) is 0 Å². The van der Waals surface area contributed by atoms with E-state index in [4.69, 9.17) is 0 Å². The van der Waals surface area contributed by atoms with Crippen LogP contribution in [-0.4, -0.2) is 28.4 Å². The van der Waals surface area contributed by atoms with Gasteiger partial charge in [0.05, 0.1) is 11.1 Å². The molecule has 1 fully saturated rings. The third-order valence-electron chi connectivity index (χ3n) is 4.12. The summed E-state index contributed by atoms with van der Waals surface area (Å²) in [5, 5.41) is 4.15. The highest BCUT2D eigenvalue weighted by molar-refractivity contribution is 7.99. The topological polar surface area (TPSA) is 42.0 Å². The molecule has 0 bridgehead atoms. The number of nitrogens with zero attached hydrogens (tertiary/aromatic N) is 1. The number of fused-ring (bicyclic) bond motifs is 1. The van der Waals surface area contributed by atoms with Gasteiger partial charge in [-0.2, -0.15) is 11.8 Å². The smallest absolute Gasteiger partial charge is 0.252 e. The summed E-state index contributed by atoms with van der Waals surface area (Å²) in [5.74, 6) is 2.20. The molecule has 3 rings (SSSR count). The Balaban J connectivity index is 2.08. The van der Waals surface area contributed by atoms with Crippen molar-refractivity contribution in [3.05, 3.63) is 40.6 Å². The van der Waals surface area contributed by atoms with E-state index in [1.54, 1.807) is 0 Å². The van der Waals surface area contributed by atoms with Crippen LogP contribution in [0.25, 0.3) is 10.9 Å². The molecule has 1 aromatic carbocycles. The summed E-state index contributed by atoms with van der Waals surface area (Å²) in [6, 6.07) is 6.40. The zero-order valence-corrected chi connectivity index (χ0v) is 13.5. The van der Waals surface area contributed by atoms with Gasteiger partial charge < -0.3 is 5.32 Å². The average molecular weight is 300 g/mol. The Morgan fingerprint density at radius 2 is 2.14 bits per heavy atom. The first-order chi connectivity index (χ1) is 10.1. The number of aryl methyl sites for hydroxylation is 2. The van der Waals surface area contributed by atoms with Crippen LogP contribution in [0.15, 0.2) is 18.2 Å². The van der Waals surface area contributed by atoms with Crippen LogP contribution < -0.4 is 5.32 Å². The molecule has 1 aromatic heterocycles. The van der Waals surface area contributed by atoms with Gasteiger partial charge in [-0.05, 0) is 50.6 Å². The molecule has 0 unspecified atom stereocenters. The Morgan fingerprint density at radius 3 is 2.86 bits per heavy atom. The van der Waals surface area contributed by atoms with E-state index >= 15 is 0 Å². The summed E-state index contributed by atoms with van der Waals surface area (Å²) >= 11 is 1.91. The lowest BCUT2D eigenvalue weighted by Gasteiger charge is -2.16. The zero-order chi connectivity index (χ0) is 15.0. The minimum Gasteiger partial charge on any atom is -0.348 e. The van der Waals surface area contributed by atoms with Crippen molar-refractivity contribution < 1.29 is 4.79 Å². The fourth-order valence-corrected chi connectivity index (χ4v) is 3.95. The number of amides is 1. The fourth-order valence-electron chi connectivity index (χ4n) is 2.79. The Labute approximate surface area is 129 Å². The number of nitrogens with one attached hydrogen (secondary N) is 1. The molecule has 1 atom stereocenters. The molecule has 110 valence electrons. The van der Waals surface area contributed by atoms with Crippen molar-refractivity contribution in [3.63, 3.8) is 0 Å². The van der Waals surface area contributed by atoms with Crippen molar-refractivity contribution in [2.24, 2.45) is 0 Å². The van der Waals surface area contributed by atoms with Crippen LogP contribution in [0, 0.1) is 20.8 Å². The SMILES string of the molecule is Cc1ccc2nc(C)c(C)c(C(=O)N[C@H]3CCSC3)c2c1. The van der Waals surface area contributed by atoms with E-state index in [0.29, 0.717) is 6.04 Å². The lowest BCUT2D eigenvalue weighted by Crippen LogP contribution is -2.35. The van der Waals surface area contributed by atoms with Gasteiger partial charge in [0.1, 0.15) is 0 Å². The van der Waals surface area contributed by atoms with Crippen molar-refractivity contribution in [3.8, 4) is 0 Å². The number of hydrogen-bond acceptors (Lipinski definition) is 3. The number of carbonyl (C=O) groups is 1. The monoisotopic (exact) mass is 300 g/mol. The van der Waals surface area contributed by atoms with Crippen molar-refractivity contribution in [2.75, 3.05) is 11.5 Å². The highest BCUT2D eigenvalue weighted by atomic mass is 32.2. The Morgan fingerprint density at radius 1 is 1.33 bits per heavy atom. The predicted molar refractivity (Wildman–Crippen MR) is 89.2 cm³/mol. The molecule has 0 aliphatic carbocycles. The number of pyridine rings is 1. The Kier molecular flexibility index (Phi) is 3.89. The number of hydrogen-bond donors (Lipinski definition) is 1. The molecule has 2 heterocycles. The standard InChI is InChI=1S/C17H20N2OS/c1-10-4-5-15-14(8-10)16(11(2)12(3)18-15)17(20)19-13-6-7-21-9-13/h4-5,8,13H,6-7,9H2,1-3H3,(H,19,20)/t13-/m0/s1.